The number of aliphatic imine (C=N–C) groups is 1. The summed E-state index contributed by atoms with van der Waals surface area (Å²) in [5, 5.41) is 0. The van der Waals surface area contributed by atoms with Gasteiger partial charge >= 0.3 is 14.2 Å². The van der Waals surface area contributed by atoms with Gasteiger partial charge in [0.2, 0.25) is 5.82 Å². The lowest BCUT2D eigenvalue weighted by Gasteiger charge is -2.09. The minimum absolute atomic E-state index is 0.000443. The zero-order valence-corrected chi connectivity index (χ0v) is 10.8. The predicted molar refractivity (Wildman–Crippen MR) is 72.5 cm³/mol. The van der Waals surface area contributed by atoms with Crippen LogP contribution in [0.5, 0.6) is 0 Å². The Morgan fingerprint density at radius 2 is 2.10 bits per heavy atom. The Hall–Kier alpha value is -2.65. The van der Waals surface area contributed by atoms with Crippen LogP contribution >= 0.6 is 0 Å². The van der Waals surface area contributed by atoms with Crippen molar-refractivity contribution in [2.24, 2.45) is 4.99 Å². The van der Waals surface area contributed by atoms with E-state index in [4.69, 9.17) is 5.73 Å². The number of anilines is 1. The van der Waals surface area contributed by atoms with E-state index in [-0.39, 0.29) is 17.2 Å². The predicted octanol–water partition coefficient (Wildman–Crippen LogP) is 1.36. The zero-order chi connectivity index (χ0) is 15.5. The summed E-state index contributed by atoms with van der Waals surface area (Å²) >= 11 is 0. The lowest BCUT2D eigenvalue weighted by atomic mass is 10.1. The normalized spacial score (nSPS) is 11.8. The zero-order valence-electron chi connectivity index (χ0n) is 10.8. The van der Waals surface area contributed by atoms with Crippen LogP contribution in [0.15, 0.2) is 29.5 Å². The second kappa shape index (κ2) is 5.77. The van der Waals surface area contributed by atoms with Crippen LogP contribution in [0.2, 0.25) is 0 Å². The SMILES string of the molecule is BOC=Nc1cc(-c2ccncc2N)nc(C(F)(F)F)n1. The standard InChI is InChI=1S/C11H9BF3N5O/c12-21-5-18-9-3-8(6-1-2-17-4-7(6)16)19-10(20-9)11(13,14)15/h1-5H,12,16H2. The minimum Gasteiger partial charge on any atom is -0.560 e. The highest BCUT2D eigenvalue weighted by Crippen LogP contribution is 2.31. The molecule has 0 saturated carbocycles. The van der Waals surface area contributed by atoms with Crippen molar-refractivity contribution in [2.75, 3.05) is 5.73 Å². The molecular weight excluding hydrogens is 286 g/mol. The van der Waals surface area contributed by atoms with E-state index in [1.54, 1.807) is 0 Å². The van der Waals surface area contributed by atoms with Gasteiger partial charge in [-0.05, 0) is 6.07 Å². The Morgan fingerprint density at radius 1 is 1.33 bits per heavy atom. The Kier molecular flexibility index (Phi) is 4.06. The summed E-state index contributed by atoms with van der Waals surface area (Å²) in [4.78, 5) is 14.2. The second-order valence-corrected chi connectivity index (χ2v) is 3.87. The molecule has 0 atom stereocenters. The highest BCUT2D eigenvalue weighted by molar-refractivity contribution is 6.02. The number of hydrogen-bond donors (Lipinski definition) is 1. The molecule has 0 radical (unpaired) electrons. The Morgan fingerprint density at radius 3 is 2.71 bits per heavy atom. The van der Waals surface area contributed by atoms with Gasteiger partial charge in [-0.1, -0.05) is 0 Å². The molecule has 0 saturated heterocycles. The molecule has 2 N–H and O–H groups in total. The smallest absolute Gasteiger partial charge is 0.451 e. The number of nitrogen functional groups attached to an aromatic ring is 1. The van der Waals surface area contributed by atoms with Gasteiger partial charge in [0.25, 0.3) is 0 Å². The van der Waals surface area contributed by atoms with Crippen LogP contribution in [0.25, 0.3) is 11.3 Å². The van der Waals surface area contributed by atoms with E-state index in [0.29, 0.717) is 5.56 Å². The minimum atomic E-state index is -4.70. The maximum absolute atomic E-state index is 12.8. The van der Waals surface area contributed by atoms with Crippen molar-refractivity contribution in [3.63, 3.8) is 0 Å². The van der Waals surface area contributed by atoms with E-state index in [0.717, 1.165) is 6.40 Å². The third-order valence-corrected chi connectivity index (χ3v) is 2.38. The molecule has 0 amide bonds. The van der Waals surface area contributed by atoms with Crippen LogP contribution in [-0.4, -0.2) is 29.4 Å². The van der Waals surface area contributed by atoms with Crippen LogP contribution in [0, 0.1) is 0 Å². The molecule has 108 valence electrons. The molecule has 2 heterocycles. The van der Waals surface area contributed by atoms with Gasteiger partial charge in [0.1, 0.15) is 0 Å². The fourth-order valence-corrected chi connectivity index (χ4v) is 1.51. The van der Waals surface area contributed by atoms with Crippen molar-refractivity contribution in [3.05, 3.63) is 30.4 Å². The molecule has 10 heteroatoms. The number of alkyl halides is 3. The maximum atomic E-state index is 12.8. The van der Waals surface area contributed by atoms with Gasteiger partial charge < -0.3 is 10.4 Å². The second-order valence-electron chi connectivity index (χ2n) is 3.87. The molecule has 0 fully saturated rings. The first-order valence-corrected chi connectivity index (χ1v) is 5.63. The number of hydrogen-bond acceptors (Lipinski definition) is 6. The average molecular weight is 295 g/mol. The van der Waals surface area contributed by atoms with Crippen LogP contribution in [0.3, 0.4) is 0 Å². The van der Waals surface area contributed by atoms with Crippen LogP contribution in [-0.2, 0) is 10.8 Å². The van der Waals surface area contributed by atoms with Gasteiger partial charge in [-0.3, -0.25) is 4.98 Å². The fourth-order valence-electron chi connectivity index (χ4n) is 1.51. The molecule has 0 unspecified atom stereocenters. The van der Waals surface area contributed by atoms with Gasteiger partial charge in [0.05, 0.1) is 17.6 Å². The number of halogens is 3. The third kappa shape index (κ3) is 3.47. The Bertz CT molecular complexity index is 677. The lowest BCUT2D eigenvalue weighted by molar-refractivity contribution is -0.144. The Labute approximate surface area is 118 Å². The van der Waals surface area contributed by atoms with Crippen molar-refractivity contribution >= 4 is 26.0 Å². The highest BCUT2D eigenvalue weighted by atomic mass is 19.4. The first kappa shape index (κ1) is 14.8. The molecule has 0 aliphatic rings. The molecule has 6 nitrogen and oxygen atoms in total. The molecule has 0 aliphatic heterocycles. The summed E-state index contributed by atoms with van der Waals surface area (Å²) in [5.41, 5.74) is 6.21. The first-order chi connectivity index (χ1) is 9.91. The van der Waals surface area contributed by atoms with Crippen molar-refractivity contribution < 1.29 is 17.8 Å². The van der Waals surface area contributed by atoms with Gasteiger partial charge in [0, 0.05) is 17.8 Å². The van der Waals surface area contributed by atoms with E-state index in [2.05, 4.69) is 24.6 Å². The van der Waals surface area contributed by atoms with Crippen LogP contribution in [0.1, 0.15) is 5.82 Å². The molecule has 0 aliphatic carbocycles. The fraction of sp³-hybridized carbons (Fsp3) is 0.0909. The summed E-state index contributed by atoms with van der Waals surface area (Å²) in [7, 11) is 1.32. The summed E-state index contributed by atoms with van der Waals surface area (Å²) in [6.07, 6.45) is -1.00. The van der Waals surface area contributed by atoms with Gasteiger partial charge in [-0.25, -0.2) is 15.0 Å². The topological polar surface area (TPSA) is 86.3 Å². The molecule has 2 aromatic rings. The number of pyridine rings is 1. The van der Waals surface area contributed by atoms with E-state index in [1.807, 2.05) is 0 Å². The largest absolute Gasteiger partial charge is 0.560 e. The van der Waals surface area contributed by atoms with E-state index >= 15 is 0 Å². The number of rotatable bonds is 3. The van der Waals surface area contributed by atoms with E-state index in [1.165, 1.54) is 32.6 Å². The molecule has 0 aromatic carbocycles. The van der Waals surface area contributed by atoms with Crippen molar-refractivity contribution in [1.82, 2.24) is 15.0 Å². The van der Waals surface area contributed by atoms with Crippen LogP contribution < -0.4 is 5.73 Å². The van der Waals surface area contributed by atoms with Gasteiger partial charge in [0.15, 0.2) is 12.2 Å². The molecular formula is C11H9BF3N5O. The quantitative estimate of drug-likeness (QED) is 0.525. The lowest BCUT2D eigenvalue weighted by Crippen LogP contribution is -2.11. The molecule has 0 bridgehead atoms. The number of nitrogens with two attached hydrogens (primary N) is 1. The van der Waals surface area contributed by atoms with Crippen molar-refractivity contribution in [3.8, 4) is 11.3 Å². The van der Waals surface area contributed by atoms with Crippen molar-refractivity contribution in [1.29, 1.82) is 0 Å². The van der Waals surface area contributed by atoms with Gasteiger partial charge in [-0.2, -0.15) is 13.2 Å². The first-order valence-electron chi connectivity index (χ1n) is 5.63. The molecule has 21 heavy (non-hydrogen) atoms. The average Bonchev–Trinajstić information content (AvgIpc) is 2.44. The molecule has 2 rings (SSSR count). The summed E-state index contributed by atoms with van der Waals surface area (Å²) in [6, 6.07) is 2.73. The van der Waals surface area contributed by atoms with E-state index in [9.17, 15) is 13.2 Å². The summed E-state index contributed by atoms with van der Waals surface area (Å²) in [6.45, 7) is 0. The molecule has 2 aromatic heterocycles. The Balaban J connectivity index is 2.60. The summed E-state index contributed by atoms with van der Waals surface area (Å²) in [5.74, 6) is -1.50. The summed E-state index contributed by atoms with van der Waals surface area (Å²) < 4.78 is 43.1. The highest BCUT2D eigenvalue weighted by Gasteiger charge is 2.35. The monoisotopic (exact) mass is 295 g/mol. The molecule has 0 spiro atoms. The van der Waals surface area contributed by atoms with Crippen LogP contribution in [0.4, 0.5) is 24.7 Å². The van der Waals surface area contributed by atoms with Gasteiger partial charge in [-0.15, -0.1) is 0 Å². The van der Waals surface area contributed by atoms with Crippen molar-refractivity contribution in [2.45, 2.75) is 6.18 Å². The third-order valence-electron chi connectivity index (χ3n) is 2.38. The maximum Gasteiger partial charge on any atom is 0.451 e. The van der Waals surface area contributed by atoms with E-state index < -0.39 is 12.0 Å². The number of aromatic nitrogens is 3. The number of nitrogens with zero attached hydrogens (tertiary/aromatic N) is 4.